The average molecular weight is 412 g/mol. The molecular formula is C24H24N6O. The second kappa shape index (κ2) is 8.18. The summed E-state index contributed by atoms with van der Waals surface area (Å²) in [7, 11) is 1.68. The van der Waals surface area contributed by atoms with Crippen LogP contribution in [0.2, 0.25) is 0 Å². The van der Waals surface area contributed by atoms with E-state index in [1.165, 1.54) is 0 Å². The Labute approximate surface area is 181 Å². The number of hydrogen-bond donors (Lipinski definition) is 0. The number of pyridine rings is 1. The van der Waals surface area contributed by atoms with E-state index in [9.17, 15) is 0 Å². The van der Waals surface area contributed by atoms with Gasteiger partial charge in [-0.3, -0.25) is 4.98 Å². The Bertz CT molecular complexity index is 1220. The van der Waals surface area contributed by atoms with Gasteiger partial charge in [0.1, 0.15) is 11.6 Å². The normalized spacial score (nSPS) is 15.9. The first-order chi connectivity index (χ1) is 15.2. The Morgan fingerprint density at radius 2 is 2.06 bits per heavy atom. The van der Waals surface area contributed by atoms with Gasteiger partial charge in [0.15, 0.2) is 5.82 Å². The molecule has 1 atom stereocenters. The molecule has 31 heavy (non-hydrogen) atoms. The van der Waals surface area contributed by atoms with Crippen molar-refractivity contribution in [2.45, 2.75) is 32.2 Å². The number of aromatic nitrogens is 6. The molecule has 0 aliphatic carbocycles. The van der Waals surface area contributed by atoms with Gasteiger partial charge in [0.2, 0.25) is 0 Å². The molecule has 1 aliphatic rings. The van der Waals surface area contributed by atoms with E-state index in [1.54, 1.807) is 13.4 Å². The third kappa shape index (κ3) is 3.86. The van der Waals surface area contributed by atoms with E-state index >= 15 is 0 Å². The second-order valence-electron chi connectivity index (χ2n) is 7.69. The molecule has 0 spiro atoms. The summed E-state index contributed by atoms with van der Waals surface area (Å²) >= 11 is 0. The van der Waals surface area contributed by atoms with E-state index in [2.05, 4.69) is 22.1 Å². The molecule has 0 fully saturated rings. The number of benzene rings is 1. The number of ether oxygens (including phenoxy) is 1. The maximum atomic E-state index is 5.61. The zero-order valence-electron chi connectivity index (χ0n) is 17.6. The Morgan fingerprint density at radius 1 is 1.13 bits per heavy atom. The van der Waals surface area contributed by atoms with Crippen LogP contribution in [0.4, 0.5) is 0 Å². The summed E-state index contributed by atoms with van der Waals surface area (Å²) in [6, 6.07) is 12.1. The van der Waals surface area contributed by atoms with Crippen molar-refractivity contribution in [3.05, 3.63) is 83.7 Å². The first kappa shape index (κ1) is 19.2. The molecule has 0 N–H and O–H groups in total. The molecule has 0 unspecified atom stereocenters. The predicted octanol–water partition coefficient (Wildman–Crippen LogP) is 4.27. The zero-order valence-corrected chi connectivity index (χ0v) is 17.6. The van der Waals surface area contributed by atoms with E-state index in [-0.39, 0.29) is 5.92 Å². The molecule has 0 bridgehead atoms. The number of rotatable bonds is 5. The molecule has 0 saturated heterocycles. The van der Waals surface area contributed by atoms with Crippen molar-refractivity contribution in [3.63, 3.8) is 0 Å². The van der Waals surface area contributed by atoms with E-state index in [4.69, 9.17) is 14.8 Å². The van der Waals surface area contributed by atoms with Crippen LogP contribution >= 0.6 is 0 Å². The lowest BCUT2D eigenvalue weighted by Gasteiger charge is -2.21. The number of nitrogens with zero attached hydrogens (tertiary/aromatic N) is 6. The van der Waals surface area contributed by atoms with Gasteiger partial charge in [0, 0.05) is 18.9 Å². The van der Waals surface area contributed by atoms with Crippen LogP contribution in [0.15, 0.2) is 55.1 Å². The monoisotopic (exact) mass is 412 g/mol. The van der Waals surface area contributed by atoms with Crippen LogP contribution in [0.25, 0.3) is 17.8 Å². The molecule has 1 aromatic carbocycles. The molecule has 0 radical (unpaired) electrons. The van der Waals surface area contributed by atoms with Gasteiger partial charge in [0.05, 0.1) is 36.4 Å². The standard InChI is InChI=1S/C24H24N6O/c1-17-15-29(16-26-17)21-10-8-18(14-22(21)31-2)9-11-23-27-24-19(6-5-13-30(24)28-23)20-7-3-4-12-25-20/h3-4,7-12,14-16,19H,5-6,13H2,1-2H3/t19-/m0/s1. The molecule has 0 amide bonds. The summed E-state index contributed by atoms with van der Waals surface area (Å²) in [4.78, 5) is 13.7. The largest absolute Gasteiger partial charge is 0.495 e. The minimum Gasteiger partial charge on any atom is -0.495 e. The van der Waals surface area contributed by atoms with Gasteiger partial charge < -0.3 is 9.30 Å². The van der Waals surface area contributed by atoms with Crippen LogP contribution in [0.1, 0.15) is 47.4 Å². The van der Waals surface area contributed by atoms with Crippen LogP contribution in [-0.4, -0.2) is 36.4 Å². The van der Waals surface area contributed by atoms with Crippen LogP contribution in [-0.2, 0) is 6.54 Å². The number of hydrogen-bond acceptors (Lipinski definition) is 5. The quantitative estimate of drug-likeness (QED) is 0.489. The highest BCUT2D eigenvalue weighted by Gasteiger charge is 2.26. The lowest BCUT2D eigenvalue weighted by Crippen LogP contribution is -2.18. The highest BCUT2D eigenvalue weighted by atomic mass is 16.5. The van der Waals surface area contributed by atoms with Crippen molar-refractivity contribution >= 4 is 12.2 Å². The molecule has 5 rings (SSSR count). The van der Waals surface area contributed by atoms with Gasteiger partial charge in [-0.1, -0.05) is 18.2 Å². The summed E-state index contributed by atoms with van der Waals surface area (Å²) < 4.78 is 9.59. The highest BCUT2D eigenvalue weighted by molar-refractivity contribution is 5.69. The van der Waals surface area contributed by atoms with Crippen molar-refractivity contribution < 1.29 is 4.74 Å². The van der Waals surface area contributed by atoms with Crippen molar-refractivity contribution in [3.8, 4) is 11.4 Å². The number of imidazole rings is 1. The Balaban J connectivity index is 1.41. The third-order valence-corrected chi connectivity index (χ3v) is 5.55. The van der Waals surface area contributed by atoms with Crippen LogP contribution in [0.3, 0.4) is 0 Å². The maximum Gasteiger partial charge on any atom is 0.174 e. The SMILES string of the molecule is COc1cc(C=Cc2nc3n(n2)CCC[C@H]3c2ccccn2)ccc1-n1cnc(C)c1. The second-order valence-corrected chi connectivity index (χ2v) is 7.69. The molecular weight excluding hydrogens is 388 g/mol. The smallest absolute Gasteiger partial charge is 0.174 e. The summed E-state index contributed by atoms with van der Waals surface area (Å²) in [6.45, 7) is 2.86. The fourth-order valence-electron chi connectivity index (χ4n) is 4.04. The maximum absolute atomic E-state index is 5.61. The summed E-state index contributed by atoms with van der Waals surface area (Å²) in [5, 5.41) is 4.70. The molecule has 7 heteroatoms. The van der Waals surface area contributed by atoms with Crippen LogP contribution < -0.4 is 4.74 Å². The van der Waals surface area contributed by atoms with Gasteiger partial charge in [0.25, 0.3) is 0 Å². The summed E-state index contributed by atoms with van der Waals surface area (Å²) in [6.07, 6.45) is 11.7. The topological polar surface area (TPSA) is 70.7 Å². The van der Waals surface area contributed by atoms with Gasteiger partial charge in [-0.2, -0.15) is 5.10 Å². The molecule has 156 valence electrons. The van der Waals surface area contributed by atoms with E-state index in [1.807, 2.05) is 65.0 Å². The molecule has 3 aromatic heterocycles. The first-order valence-corrected chi connectivity index (χ1v) is 10.4. The minimum absolute atomic E-state index is 0.197. The lowest BCUT2D eigenvalue weighted by atomic mass is 9.95. The van der Waals surface area contributed by atoms with Crippen molar-refractivity contribution in [2.75, 3.05) is 7.11 Å². The summed E-state index contributed by atoms with van der Waals surface area (Å²) in [5.74, 6) is 2.69. The summed E-state index contributed by atoms with van der Waals surface area (Å²) in [5.41, 5.74) is 3.99. The van der Waals surface area contributed by atoms with Gasteiger partial charge >= 0.3 is 0 Å². The van der Waals surface area contributed by atoms with E-state index < -0.39 is 0 Å². The Kier molecular flexibility index (Phi) is 5.08. The van der Waals surface area contributed by atoms with Crippen molar-refractivity contribution in [1.82, 2.24) is 29.3 Å². The van der Waals surface area contributed by atoms with Gasteiger partial charge in [-0.15, -0.1) is 0 Å². The average Bonchev–Trinajstić information content (AvgIpc) is 3.43. The van der Waals surface area contributed by atoms with Crippen LogP contribution in [0.5, 0.6) is 5.75 Å². The van der Waals surface area contributed by atoms with Gasteiger partial charge in [-0.25, -0.2) is 14.6 Å². The Hall–Kier alpha value is -3.74. The first-order valence-electron chi connectivity index (χ1n) is 10.4. The van der Waals surface area contributed by atoms with Crippen molar-refractivity contribution in [1.29, 1.82) is 0 Å². The molecule has 0 saturated carbocycles. The minimum atomic E-state index is 0.197. The van der Waals surface area contributed by atoms with Crippen molar-refractivity contribution in [2.24, 2.45) is 0 Å². The zero-order chi connectivity index (χ0) is 21.2. The number of aryl methyl sites for hydroxylation is 2. The third-order valence-electron chi connectivity index (χ3n) is 5.55. The van der Waals surface area contributed by atoms with E-state index in [0.29, 0.717) is 5.82 Å². The highest BCUT2D eigenvalue weighted by Crippen LogP contribution is 2.31. The molecule has 4 aromatic rings. The molecule has 7 nitrogen and oxygen atoms in total. The number of methoxy groups -OCH3 is 1. The van der Waals surface area contributed by atoms with Gasteiger partial charge in [-0.05, 0) is 55.7 Å². The molecule has 1 aliphatic heterocycles. The van der Waals surface area contributed by atoms with Crippen LogP contribution in [0, 0.1) is 6.92 Å². The Morgan fingerprint density at radius 3 is 2.84 bits per heavy atom. The molecule has 4 heterocycles. The number of fused-ring (bicyclic) bond motifs is 1. The fourth-order valence-corrected chi connectivity index (χ4v) is 4.04. The lowest BCUT2D eigenvalue weighted by molar-refractivity contribution is 0.413. The fraction of sp³-hybridized carbons (Fsp3) is 0.250. The predicted molar refractivity (Wildman–Crippen MR) is 119 cm³/mol. The van der Waals surface area contributed by atoms with E-state index in [0.717, 1.165) is 53.6 Å².